The SMILES string of the molecule is Cc1cccc(NC(=O)CCN2C(=S)N[C@H](c3ccccn3)[C@@H]2c2cccn2-c2cccc([N+](=O)[O-])c2)c1. The second kappa shape index (κ2) is 10.8. The number of aryl methyl sites for hydroxylation is 1. The van der Waals surface area contributed by atoms with Gasteiger partial charge in [0.15, 0.2) is 5.11 Å². The first-order valence-corrected chi connectivity index (χ1v) is 12.6. The van der Waals surface area contributed by atoms with Crippen LogP contribution >= 0.6 is 12.2 Å². The lowest BCUT2D eigenvalue weighted by Crippen LogP contribution is -2.33. The molecule has 1 aliphatic rings. The van der Waals surface area contributed by atoms with Crippen molar-refractivity contribution in [3.63, 3.8) is 0 Å². The van der Waals surface area contributed by atoms with Crippen LogP contribution in [0.5, 0.6) is 0 Å². The summed E-state index contributed by atoms with van der Waals surface area (Å²) in [5.41, 5.74) is 4.15. The van der Waals surface area contributed by atoms with Crippen molar-refractivity contribution >= 4 is 34.6 Å². The molecule has 4 aromatic rings. The van der Waals surface area contributed by atoms with Crippen LogP contribution in [-0.2, 0) is 4.79 Å². The highest BCUT2D eigenvalue weighted by Gasteiger charge is 2.41. The lowest BCUT2D eigenvalue weighted by Gasteiger charge is -2.28. The molecule has 0 saturated carbocycles. The number of benzene rings is 2. The van der Waals surface area contributed by atoms with Crippen LogP contribution in [0.1, 0.15) is 35.5 Å². The number of carbonyl (C=O) groups excluding carboxylic acids is 1. The molecule has 192 valence electrons. The highest BCUT2D eigenvalue weighted by molar-refractivity contribution is 7.80. The summed E-state index contributed by atoms with van der Waals surface area (Å²) in [5.74, 6) is -0.118. The first-order chi connectivity index (χ1) is 18.4. The number of nitro benzene ring substituents is 1. The normalized spacial score (nSPS) is 16.8. The third-order valence-electron chi connectivity index (χ3n) is 6.48. The van der Waals surface area contributed by atoms with Crippen molar-refractivity contribution in [3.05, 3.63) is 118 Å². The molecule has 9 nitrogen and oxygen atoms in total. The van der Waals surface area contributed by atoms with Crippen molar-refractivity contribution in [1.29, 1.82) is 0 Å². The maximum atomic E-state index is 12.8. The molecule has 0 bridgehead atoms. The van der Waals surface area contributed by atoms with E-state index in [2.05, 4.69) is 15.6 Å². The van der Waals surface area contributed by atoms with Gasteiger partial charge >= 0.3 is 0 Å². The number of non-ortho nitro benzene ring substituents is 1. The van der Waals surface area contributed by atoms with E-state index in [0.29, 0.717) is 17.3 Å². The summed E-state index contributed by atoms with van der Waals surface area (Å²) >= 11 is 5.74. The molecule has 5 rings (SSSR count). The van der Waals surface area contributed by atoms with Gasteiger partial charge in [-0.2, -0.15) is 0 Å². The minimum Gasteiger partial charge on any atom is -0.352 e. The first kappa shape index (κ1) is 25.1. The average Bonchev–Trinajstić information content (AvgIpc) is 3.52. The Morgan fingerprint density at radius 2 is 1.95 bits per heavy atom. The fourth-order valence-electron chi connectivity index (χ4n) is 4.76. The van der Waals surface area contributed by atoms with Gasteiger partial charge in [0.2, 0.25) is 5.91 Å². The Morgan fingerprint density at radius 3 is 2.71 bits per heavy atom. The van der Waals surface area contributed by atoms with Crippen LogP contribution in [-0.4, -0.2) is 36.9 Å². The molecule has 1 fully saturated rings. The molecule has 2 aromatic heterocycles. The number of pyridine rings is 1. The van der Waals surface area contributed by atoms with Gasteiger partial charge in [-0.25, -0.2) is 0 Å². The standard InChI is InChI=1S/C28H26N6O3S/c1-19-7-4-8-20(17-19)30-25(35)13-16-33-27(26(31-28(33)38)23-11-2-3-14-29-23)24-12-6-15-32(24)21-9-5-10-22(18-21)34(36)37/h2-12,14-15,17-18,26-27H,13,16H2,1H3,(H,30,35)(H,31,38)/t26-,27+/m1/s1. The summed E-state index contributed by atoms with van der Waals surface area (Å²) in [6, 6.07) is 23.1. The summed E-state index contributed by atoms with van der Waals surface area (Å²) in [5, 5.41) is 18.3. The molecule has 1 aliphatic heterocycles. The van der Waals surface area contributed by atoms with E-state index < -0.39 is 4.92 Å². The molecular formula is C28H26N6O3S. The largest absolute Gasteiger partial charge is 0.352 e. The van der Waals surface area contributed by atoms with E-state index in [-0.39, 0.29) is 30.1 Å². The summed E-state index contributed by atoms with van der Waals surface area (Å²) in [7, 11) is 0. The number of amides is 1. The number of aromatic nitrogens is 2. The maximum absolute atomic E-state index is 12.8. The van der Waals surface area contributed by atoms with E-state index in [1.54, 1.807) is 18.3 Å². The zero-order valence-electron chi connectivity index (χ0n) is 20.7. The molecule has 3 heterocycles. The van der Waals surface area contributed by atoms with Crippen molar-refractivity contribution in [3.8, 4) is 5.69 Å². The topological polar surface area (TPSA) is 105 Å². The fraction of sp³-hybridized carbons (Fsp3) is 0.179. The van der Waals surface area contributed by atoms with Crippen LogP contribution in [0.3, 0.4) is 0 Å². The smallest absolute Gasteiger partial charge is 0.271 e. The molecule has 2 atom stereocenters. The highest BCUT2D eigenvalue weighted by atomic mass is 32.1. The second-order valence-corrected chi connectivity index (χ2v) is 9.45. The molecule has 1 amide bonds. The number of nitrogens with one attached hydrogen (secondary N) is 2. The van der Waals surface area contributed by atoms with Gasteiger partial charge in [0, 0.05) is 48.9 Å². The van der Waals surface area contributed by atoms with Crippen LogP contribution in [0.25, 0.3) is 5.69 Å². The molecular weight excluding hydrogens is 500 g/mol. The molecule has 2 aromatic carbocycles. The van der Waals surface area contributed by atoms with Crippen LogP contribution in [0.2, 0.25) is 0 Å². The van der Waals surface area contributed by atoms with Gasteiger partial charge in [0.1, 0.15) is 0 Å². The van der Waals surface area contributed by atoms with Gasteiger partial charge in [-0.15, -0.1) is 0 Å². The Bertz CT molecular complexity index is 1490. The third-order valence-corrected chi connectivity index (χ3v) is 6.83. The van der Waals surface area contributed by atoms with E-state index in [1.807, 2.05) is 83.3 Å². The monoisotopic (exact) mass is 526 g/mol. The predicted molar refractivity (Wildman–Crippen MR) is 149 cm³/mol. The Labute approximate surface area is 225 Å². The summed E-state index contributed by atoms with van der Waals surface area (Å²) < 4.78 is 1.92. The molecule has 2 N–H and O–H groups in total. The molecule has 38 heavy (non-hydrogen) atoms. The van der Waals surface area contributed by atoms with Gasteiger partial charge < -0.3 is 20.1 Å². The van der Waals surface area contributed by atoms with Crippen molar-refractivity contribution in [2.75, 3.05) is 11.9 Å². The quantitative estimate of drug-likeness (QED) is 0.187. The lowest BCUT2D eigenvalue weighted by atomic mass is 10.0. The first-order valence-electron chi connectivity index (χ1n) is 12.2. The van der Waals surface area contributed by atoms with E-state index in [4.69, 9.17) is 12.2 Å². The number of nitrogens with zero attached hydrogens (tertiary/aromatic N) is 4. The summed E-state index contributed by atoms with van der Waals surface area (Å²) in [4.78, 5) is 30.4. The van der Waals surface area contributed by atoms with Crippen LogP contribution in [0.4, 0.5) is 11.4 Å². The Morgan fingerprint density at radius 1 is 1.11 bits per heavy atom. The maximum Gasteiger partial charge on any atom is 0.271 e. The number of hydrogen-bond donors (Lipinski definition) is 2. The number of carbonyl (C=O) groups is 1. The van der Waals surface area contributed by atoms with Gasteiger partial charge in [0.25, 0.3) is 5.69 Å². The van der Waals surface area contributed by atoms with Crippen molar-refractivity contribution < 1.29 is 9.72 Å². The van der Waals surface area contributed by atoms with E-state index in [9.17, 15) is 14.9 Å². The summed E-state index contributed by atoms with van der Waals surface area (Å²) in [6.45, 7) is 2.35. The van der Waals surface area contributed by atoms with E-state index in [0.717, 1.165) is 22.6 Å². The molecule has 10 heteroatoms. The molecule has 0 unspecified atom stereocenters. The van der Waals surface area contributed by atoms with Crippen LogP contribution in [0.15, 0.2) is 91.3 Å². The minimum atomic E-state index is -0.408. The number of nitro groups is 1. The number of rotatable bonds is 8. The van der Waals surface area contributed by atoms with Crippen molar-refractivity contribution in [2.45, 2.75) is 25.4 Å². The van der Waals surface area contributed by atoms with Crippen molar-refractivity contribution in [2.24, 2.45) is 0 Å². The molecule has 1 saturated heterocycles. The number of anilines is 1. The number of thiocarbonyl (C=S) groups is 1. The van der Waals surface area contributed by atoms with Gasteiger partial charge in [0.05, 0.1) is 28.4 Å². The summed E-state index contributed by atoms with van der Waals surface area (Å²) in [6.07, 6.45) is 3.82. The van der Waals surface area contributed by atoms with Crippen LogP contribution in [0, 0.1) is 17.0 Å². The molecule has 0 radical (unpaired) electrons. The highest BCUT2D eigenvalue weighted by Crippen LogP contribution is 2.39. The predicted octanol–water partition coefficient (Wildman–Crippen LogP) is 5.09. The fourth-order valence-corrected chi connectivity index (χ4v) is 5.09. The van der Waals surface area contributed by atoms with Crippen LogP contribution < -0.4 is 10.6 Å². The zero-order chi connectivity index (χ0) is 26.6. The Kier molecular flexibility index (Phi) is 7.14. The molecule has 0 spiro atoms. The average molecular weight is 527 g/mol. The second-order valence-electron chi connectivity index (χ2n) is 9.07. The molecule has 0 aliphatic carbocycles. The third kappa shape index (κ3) is 5.25. The minimum absolute atomic E-state index is 0.00756. The van der Waals surface area contributed by atoms with E-state index in [1.165, 1.54) is 6.07 Å². The van der Waals surface area contributed by atoms with Gasteiger partial charge in [-0.05, 0) is 67.2 Å². The Hall–Kier alpha value is -4.57. The lowest BCUT2D eigenvalue weighted by molar-refractivity contribution is -0.384. The van der Waals surface area contributed by atoms with Gasteiger partial charge in [-0.3, -0.25) is 19.9 Å². The zero-order valence-corrected chi connectivity index (χ0v) is 21.5. The van der Waals surface area contributed by atoms with E-state index >= 15 is 0 Å². The number of hydrogen-bond acceptors (Lipinski definition) is 5. The van der Waals surface area contributed by atoms with Gasteiger partial charge in [-0.1, -0.05) is 24.3 Å². The van der Waals surface area contributed by atoms with Crippen molar-refractivity contribution in [1.82, 2.24) is 19.8 Å². The Balaban J connectivity index is 1.46.